The number of imide groups is 1. The molecule has 1 saturated heterocycles. The number of ether oxygens (including phenoxy) is 2. The van der Waals surface area contributed by atoms with Gasteiger partial charge in [0.25, 0.3) is 11.5 Å². The van der Waals surface area contributed by atoms with Gasteiger partial charge in [0.1, 0.15) is 0 Å². The summed E-state index contributed by atoms with van der Waals surface area (Å²) in [6, 6.07) is 4.18. The quantitative estimate of drug-likeness (QED) is 0.629. The number of hydrogen-bond acceptors (Lipinski definition) is 5. The molecule has 0 radical (unpaired) electrons. The molecule has 1 aromatic carbocycles. The number of cyclic esters (lactones) is 1. The predicted molar refractivity (Wildman–Crippen MR) is 75.5 cm³/mol. The third kappa shape index (κ3) is 2.56. The Balaban J connectivity index is 2.38. The van der Waals surface area contributed by atoms with E-state index < -0.39 is 23.6 Å². The molecular formula is C13H11Cl2NO5. The lowest BCUT2D eigenvalue weighted by Gasteiger charge is -2.17. The normalized spacial score (nSPS) is 21.4. The molecule has 0 bridgehead atoms. The van der Waals surface area contributed by atoms with Crippen LogP contribution in [0.3, 0.4) is 0 Å². The van der Waals surface area contributed by atoms with Crippen LogP contribution in [0.4, 0.5) is 10.5 Å². The van der Waals surface area contributed by atoms with Gasteiger partial charge in [-0.3, -0.25) is 4.79 Å². The van der Waals surface area contributed by atoms with Crippen molar-refractivity contribution in [1.29, 1.82) is 0 Å². The fourth-order valence-electron chi connectivity index (χ4n) is 1.80. The molecule has 0 aromatic heterocycles. The molecule has 0 spiro atoms. The van der Waals surface area contributed by atoms with Gasteiger partial charge in [0.05, 0.1) is 22.3 Å². The first-order valence-electron chi connectivity index (χ1n) is 6.01. The zero-order valence-corrected chi connectivity index (χ0v) is 12.7. The first kappa shape index (κ1) is 15.6. The highest BCUT2D eigenvalue weighted by atomic mass is 35.5. The molecule has 1 fully saturated rings. The summed E-state index contributed by atoms with van der Waals surface area (Å²) in [6.45, 7) is 2.83. The molecule has 1 aliphatic rings. The fourth-order valence-corrected chi connectivity index (χ4v) is 2.10. The Morgan fingerprint density at radius 2 is 2.00 bits per heavy atom. The molecule has 0 N–H and O–H groups in total. The van der Waals surface area contributed by atoms with Crippen molar-refractivity contribution in [2.45, 2.75) is 19.4 Å². The number of anilines is 1. The molecule has 112 valence electrons. The van der Waals surface area contributed by atoms with E-state index in [1.54, 1.807) is 6.92 Å². The van der Waals surface area contributed by atoms with Gasteiger partial charge >= 0.3 is 12.1 Å². The average molecular weight is 332 g/mol. The standard InChI is InChI=1S/C13H11Cl2NO5/c1-3-20-11(18)13(2)10(17)16(12(19)21-13)7-4-5-8(14)9(15)6-7/h4-6H,3H2,1-2H3. The van der Waals surface area contributed by atoms with Gasteiger partial charge in [-0.1, -0.05) is 23.2 Å². The number of halogens is 2. The lowest BCUT2D eigenvalue weighted by molar-refractivity contribution is -0.164. The summed E-state index contributed by atoms with van der Waals surface area (Å²) in [4.78, 5) is 36.8. The van der Waals surface area contributed by atoms with Gasteiger partial charge in [-0.25, -0.2) is 14.5 Å². The van der Waals surface area contributed by atoms with Crippen molar-refractivity contribution < 1.29 is 23.9 Å². The summed E-state index contributed by atoms with van der Waals surface area (Å²) >= 11 is 11.6. The van der Waals surface area contributed by atoms with Crippen LogP contribution in [0.5, 0.6) is 0 Å². The number of benzene rings is 1. The second kappa shape index (κ2) is 5.54. The molecule has 1 aromatic rings. The molecule has 0 aliphatic carbocycles. The van der Waals surface area contributed by atoms with Crippen LogP contribution in [0.2, 0.25) is 10.0 Å². The maximum atomic E-state index is 12.4. The smallest absolute Gasteiger partial charge is 0.423 e. The number of carbonyl (C=O) groups is 3. The Labute approximate surface area is 130 Å². The summed E-state index contributed by atoms with van der Waals surface area (Å²) in [5, 5.41) is 0.438. The lowest BCUT2D eigenvalue weighted by atomic mass is 10.1. The van der Waals surface area contributed by atoms with Gasteiger partial charge in [0.2, 0.25) is 0 Å². The Morgan fingerprint density at radius 3 is 2.57 bits per heavy atom. The van der Waals surface area contributed by atoms with Gasteiger partial charge in [-0.05, 0) is 32.0 Å². The van der Waals surface area contributed by atoms with E-state index in [4.69, 9.17) is 32.7 Å². The Kier molecular flexibility index (Phi) is 4.11. The van der Waals surface area contributed by atoms with E-state index in [1.807, 2.05) is 0 Å². The van der Waals surface area contributed by atoms with Crippen LogP contribution in [0.25, 0.3) is 0 Å². The van der Waals surface area contributed by atoms with E-state index in [9.17, 15) is 14.4 Å². The fraction of sp³-hybridized carbons (Fsp3) is 0.308. The minimum atomic E-state index is -2.00. The molecule has 2 amide bonds. The van der Waals surface area contributed by atoms with Crippen molar-refractivity contribution in [3.63, 3.8) is 0 Å². The van der Waals surface area contributed by atoms with Crippen LogP contribution in [0.1, 0.15) is 13.8 Å². The van der Waals surface area contributed by atoms with Crippen molar-refractivity contribution in [1.82, 2.24) is 0 Å². The van der Waals surface area contributed by atoms with Crippen molar-refractivity contribution in [3.8, 4) is 0 Å². The van der Waals surface area contributed by atoms with E-state index in [0.29, 0.717) is 0 Å². The first-order chi connectivity index (χ1) is 9.81. The predicted octanol–water partition coefficient (Wildman–Crippen LogP) is 2.80. The average Bonchev–Trinajstić information content (AvgIpc) is 2.65. The molecule has 1 atom stereocenters. The number of hydrogen-bond donors (Lipinski definition) is 0. The summed E-state index contributed by atoms with van der Waals surface area (Å²) in [5.41, 5.74) is -1.84. The molecule has 21 heavy (non-hydrogen) atoms. The van der Waals surface area contributed by atoms with Crippen LogP contribution < -0.4 is 4.90 Å². The third-order valence-electron chi connectivity index (χ3n) is 2.91. The highest BCUT2D eigenvalue weighted by Crippen LogP contribution is 2.33. The number of nitrogens with zero attached hydrogens (tertiary/aromatic N) is 1. The van der Waals surface area contributed by atoms with E-state index in [2.05, 4.69) is 0 Å². The van der Waals surface area contributed by atoms with Crippen LogP contribution in [0.15, 0.2) is 18.2 Å². The highest BCUT2D eigenvalue weighted by Gasteiger charge is 2.57. The molecule has 2 rings (SSSR count). The van der Waals surface area contributed by atoms with Gasteiger partial charge in [0.15, 0.2) is 0 Å². The molecule has 1 heterocycles. The maximum Gasteiger partial charge on any atom is 0.423 e. The molecule has 8 heteroatoms. The number of amides is 2. The van der Waals surface area contributed by atoms with Gasteiger partial charge in [-0.15, -0.1) is 0 Å². The largest absolute Gasteiger partial charge is 0.463 e. The third-order valence-corrected chi connectivity index (χ3v) is 3.65. The number of carbonyl (C=O) groups excluding carboxylic acids is 3. The van der Waals surface area contributed by atoms with Crippen molar-refractivity contribution in [2.24, 2.45) is 0 Å². The van der Waals surface area contributed by atoms with Gasteiger partial charge < -0.3 is 9.47 Å². The minimum Gasteiger partial charge on any atom is -0.463 e. The highest BCUT2D eigenvalue weighted by molar-refractivity contribution is 6.42. The van der Waals surface area contributed by atoms with Crippen molar-refractivity contribution in [2.75, 3.05) is 11.5 Å². The van der Waals surface area contributed by atoms with Crippen LogP contribution in [-0.4, -0.2) is 30.2 Å². The van der Waals surface area contributed by atoms with Gasteiger partial charge in [-0.2, -0.15) is 0 Å². The summed E-state index contributed by atoms with van der Waals surface area (Å²) in [7, 11) is 0. The monoisotopic (exact) mass is 331 g/mol. The van der Waals surface area contributed by atoms with E-state index in [1.165, 1.54) is 25.1 Å². The van der Waals surface area contributed by atoms with Crippen LogP contribution in [0, 0.1) is 0 Å². The molecule has 0 saturated carbocycles. The van der Waals surface area contributed by atoms with E-state index >= 15 is 0 Å². The molecular weight excluding hydrogens is 321 g/mol. The van der Waals surface area contributed by atoms with Crippen molar-refractivity contribution in [3.05, 3.63) is 28.2 Å². The minimum absolute atomic E-state index is 0.0615. The molecule has 1 aliphatic heterocycles. The zero-order valence-electron chi connectivity index (χ0n) is 11.2. The molecule has 1 unspecified atom stereocenters. The summed E-state index contributed by atoms with van der Waals surface area (Å²) < 4.78 is 9.66. The second-order valence-corrected chi connectivity index (χ2v) is 5.18. The van der Waals surface area contributed by atoms with Crippen LogP contribution in [-0.2, 0) is 19.1 Å². The molecule has 6 nitrogen and oxygen atoms in total. The Morgan fingerprint density at radius 1 is 1.33 bits per heavy atom. The first-order valence-corrected chi connectivity index (χ1v) is 6.76. The Hall–Kier alpha value is -1.79. The maximum absolute atomic E-state index is 12.4. The summed E-state index contributed by atoms with van der Waals surface area (Å²) in [6.07, 6.45) is -0.978. The Bertz CT molecular complexity index is 633. The number of esters is 1. The van der Waals surface area contributed by atoms with E-state index in [0.717, 1.165) is 4.90 Å². The SMILES string of the molecule is CCOC(=O)C1(C)OC(=O)N(c2ccc(Cl)c(Cl)c2)C1=O. The zero-order chi connectivity index (χ0) is 15.8. The summed E-state index contributed by atoms with van der Waals surface area (Å²) in [5.74, 6) is -1.77. The van der Waals surface area contributed by atoms with Crippen molar-refractivity contribution >= 4 is 46.9 Å². The lowest BCUT2D eigenvalue weighted by Crippen LogP contribution is -2.46. The van der Waals surface area contributed by atoms with Crippen LogP contribution >= 0.6 is 23.2 Å². The van der Waals surface area contributed by atoms with Gasteiger partial charge in [0, 0.05) is 0 Å². The topological polar surface area (TPSA) is 72.9 Å². The second-order valence-electron chi connectivity index (χ2n) is 4.36. The van der Waals surface area contributed by atoms with E-state index in [-0.39, 0.29) is 22.3 Å². The number of rotatable bonds is 3.